The van der Waals surface area contributed by atoms with E-state index in [4.69, 9.17) is 4.42 Å². The highest BCUT2D eigenvalue weighted by molar-refractivity contribution is 6.34. The molecule has 3 heteroatoms. The van der Waals surface area contributed by atoms with Crippen molar-refractivity contribution >= 4 is 23.2 Å². The first kappa shape index (κ1) is 12.7. The lowest BCUT2D eigenvalue weighted by molar-refractivity contribution is -0.110. The Kier molecular flexibility index (Phi) is 2.90. The largest absolute Gasteiger partial charge is 0.457 e. The van der Waals surface area contributed by atoms with Crippen LogP contribution in [0, 0.1) is 0 Å². The first-order valence-corrected chi connectivity index (χ1v) is 7.09. The van der Waals surface area contributed by atoms with Gasteiger partial charge in [-0.05, 0) is 24.3 Å². The lowest BCUT2D eigenvalue weighted by Gasteiger charge is -1.97. The number of hydrogen-bond donors (Lipinski definition) is 1. The molecule has 0 spiro atoms. The highest BCUT2D eigenvalue weighted by Crippen LogP contribution is 2.33. The molecule has 106 valence electrons. The number of rotatable bonds is 2. The maximum absolute atomic E-state index is 12.1. The monoisotopic (exact) mass is 287 g/mol. The molecule has 1 amide bonds. The van der Waals surface area contributed by atoms with Crippen molar-refractivity contribution < 1.29 is 9.21 Å². The quantitative estimate of drug-likeness (QED) is 0.708. The Morgan fingerprint density at radius 3 is 2.50 bits per heavy atom. The SMILES string of the molecule is O=C1Nc2ccccc2C1=Cc1ccc(-c2ccccc2)o1. The second kappa shape index (κ2) is 5.04. The van der Waals surface area contributed by atoms with Crippen LogP contribution in [0.25, 0.3) is 23.0 Å². The van der Waals surface area contributed by atoms with E-state index in [1.165, 1.54) is 0 Å². The topological polar surface area (TPSA) is 42.2 Å². The second-order valence-electron chi connectivity index (χ2n) is 5.13. The van der Waals surface area contributed by atoms with Crippen LogP contribution >= 0.6 is 0 Å². The summed E-state index contributed by atoms with van der Waals surface area (Å²) in [5.74, 6) is 1.36. The van der Waals surface area contributed by atoms with Crippen LogP contribution in [0.5, 0.6) is 0 Å². The molecule has 1 aromatic heterocycles. The number of carbonyl (C=O) groups is 1. The fourth-order valence-corrected chi connectivity index (χ4v) is 2.61. The summed E-state index contributed by atoms with van der Waals surface area (Å²) in [7, 11) is 0. The Hall–Kier alpha value is -3.07. The molecule has 4 rings (SSSR count). The van der Waals surface area contributed by atoms with Crippen molar-refractivity contribution in [2.24, 2.45) is 0 Å². The molecule has 3 nitrogen and oxygen atoms in total. The summed E-state index contributed by atoms with van der Waals surface area (Å²) in [6.07, 6.45) is 1.79. The van der Waals surface area contributed by atoms with Crippen LogP contribution in [-0.4, -0.2) is 5.91 Å². The zero-order chi connectivity index (χ0) is 14.9. The zero-order valence-corrected chi connectivity index (χ0v) is 11.7. The van der Waals surface area contributed by atoms with Crippen molar-refractivity contribution in [3.8, 4) is 11.3 Å². The van der Waals surface area contributed by atoms with Crippen LogP contribution in [0.1, 0.15) is 11.3 Å². The fraction of sp³-hybridized carbons (Fsp3) is 0. The number of amides is 1. The molecule has 22 heavy (non-hydrogen) atoms. The molecule has 0 saturated heterocycles. The summed E-state index contributed by atoms with van der Waals surface area (Å²) in [5, 5.41) is 2.86. The molecule has 0 radical (unpaired) electrons. The van der Waals surface area contributed by atoms with Gasteiger partial charge >= 0.3 is 0 Å². The zero-order valence-electron chi connectivity index (χ0n) is 11.7. The van der Waals surface area contributed by atoms with Gasteiger partial charge in [-0.2, -0.15) is 0 Å². The minimum atomic E-state index is -0.0983. The second-order valence-corrected chi connectivity index (χ2v) is 5.13. The fourth-order valence-electron chi connectivity index (χ4n) is 2.61. The summed E-state index contributed by atoms with van der Waals surface area (Å²) >= 11 is 0. The lowest BCUT2D eigenvalue weighted by Crippen LogP contribution is -2.03. The molecule has 2 heterocycles. The van der Waals surface area contributed by atoms with Gasteiger partial charge in [-0.1, -0.05) is 48.5 Å². The number of para-hydroxylation sites is 1. The summed E-state index contributed by atoms with van der Waals surface area (Å²) in [4.78, 5) is 12.1. The standard InChI is InChI=1S/C19H13NO2/c21-19-16(15-8-4-5-9-17(15)20-19)12-14-10-11-18(22-14)13-6-2-1-3-7-13/h1-12H,(H,20,21). The normalized spacial score (nSPS) is 14.9. The van der Waals surface area contributed by atoms with Gasteiger partial charge in [-0.3, -0.25) is 4.79 Å². The molecule has 0 aliphatic carbocycles. The molecule has 0 saturated carbocycles. The van der Waals surface area contributed by atoms with Gasteiger partial charge in [0.15, 0.2) is 0 Å². The van der Waals surface area contributed by atoms with E-state index < -0.39 is 0 Å². The number of furan rings is 1. The van der Waals surface area contributed by atoms with E-state index in [1.54, 1.807) is 6.08 Å². The molecule has 1 aliphatic rings. The van der Waals surface area contributed by atoms with E-state index in [0.29, 0.717) is 11.3 Å². The summed E-state index contributed by atoms with van der Waals surface area (Å²) < 4.78 is 5.84. The minimum Gasteiger partial charge on any atom is -0.457 e. The van der Waals surface area contributed by atoms with Crippen molar-refractivity contribution in [1.29, 1.82) is 0 Å². The maximum atomic E-state index is 12.1. The van der Waals surface area contributed by atoms with Crippen molar-refractivity contribution in [3.63, 3.8) is 0 Å². The molecular weight excluding hydrogens is 274 g/mol. The van der Waals surface area contributed by atoms with Crippen molar-refractivity contribution in [2.75, 3.05) is 5.32 Å². The first-order valence-electron chi connectivity index (χ1n) is 7.09. The van der Waals surface area contributed by atoms with Crippen LogP contribution in [-0.2, 0) is 4.79 Å². The highest BCUT2D eigenvalue weighted by Gasteiger charge is 2.23. The van der Waals surface area contributed by atoms with Crippen LogP contribution < -0.4 is 5.32 Å². The van der Waals surface area contributed by atoms with Gasteiger partial charge in [0.25, 0.3) is 5.91 Å². The highest BCUT2D eigenvalue weighted by atomic mass is 16.3. The molecule has 0 bridgehead atoms. The van der Waals surface area contributed by atoms with Gasteiger partial charge in [0, 0.05) is 16.8 Å². The molecule has 0 atom stereocenters. The van der Waals surface area contributed by atoms with E-state index in [2.05, 4.69) is 5.32 Å². The van der Waals surface area contributed by atoms with E-state index in [0.717, 1.165) is 22.6 Å². The molecule has 0 unspecified atom stereocenters. The molecule has 1 N–H and O–H groups in total. The lowest BCUT2D eigenvalue weighted by atomic mass is 10.1. The number of carbonyl (C=O) groups excluding carboxylic acids is 1. The van der Waals surface area contributed by atoms with E-state index >= 15 is 0 Å². The molecule has 1 aliphatic heterocycles. The third kappa shape index (κ3) is 2.13. The molecule has 2 aromatic carbocycles. The van der Waals surface area contributed by atoms with Crippen molar-refractivity contribution in [2.45, 2.75) is 0 Å². The smallest absolute Gasteiger partial charge is 0.256 e. The first-order chi connectivity index (χ1) is 10.8. The third-order valence-corrected chi connectivity index (χ3v) is 3.68. The Morgan fingerprint density at radius 2 is 1.64 bits per heavy atom. The Bertz CT molecular complexity index is 875. The minimum absolute atomic E-state index is 0.0983. The van der Waals surface area contributed by atoms with Crippen LogP contribution in [0.3, 0.4) is 0 Å². The summed E-state index contributed by atoms with van der Waals surface area (Å²) in [5.41, 5.74) is 3.40. The summed E-state index contributed by atoms with van der Waals surface area (Å²) in [6, 6.07) is 21.3. The van der Waals surface area contributed by atoms with Gasteiger partial charge in [0.1, 0.15) is 11.5 Å². The Balaban J connectivity index is 1.72. The number of fused-ring (bicyclic) bond motifs is 1. The van der Waals surface area contributed by atoms with Crippen LogP contribution in [0.15, 0.2) is 71.1 Å². The molecule has 3 aromatic rings. The number of nitrogens with one attached hydrogen (secondary N) is 1. The average Bonchev–Trinajstić information content (AvgIpc) is 3.14. The van der Waals surface area contributed by atoms with Crippen LogP contribution in [0.4, 0.5) is 5.69 Å². The third-order valence-electron chi connectivity index (χ3n) is 3.68. The average molecular weight is 287 g/mol. The molecular formula is C19H13NO2. The molecule has 0 fully saturated rings. The van der Waals surface area contributed by atoms with Gasteiger partial charge in [-0.15, -0.1) is 0 Å². The number of benzene rings is 2. The number of anilines is 1. The van der Waals surface area contributed by atoms with Crippen molar-refractivity contribution in [1.82, 2.24) is 0 Å². The predicted octanol–water partition coefficient (Wildman–Crippen LogP) is 4.44. The predicted molar refractivity (Wildman–Crippen MR) is 87.1 cm³/mol. The van der Waals surface area contributed by atoms with E-state index in [1.807, 2.05) is 66.7 Å². The van der Waals surface area contributed by atoms with Crippen LogP contribution in [0.2, 0.25) is 0 Å². The Labute approximate surface area is 127 Å². The van der Waals surface area contributed by atoms with E-state index in [9.17, 15) is 4.79 Å². The van der Waals surface area contributed by atoms with Gasteiger partial charge in [0.05, 0.1) is 5.57 Å². The Morgan fingerprint density at radius 1 is 0.864 bits per heavy atom. The summed E-state index contributed by atoms with van der Waals surface area (Å²) in [6.45, 7) is 0. The van der Waals surface area contributed by atoms with Gasteiger partial charge < -0.3 is 9.73 Å². The van der Waals surface area contributed by atoms with E-state index in [-0.39, 0.29) is 5.91 Å². The number of hydrogen-bond acceptors (Lipinski definition) is 2. The van der Waals surface area contributed by atoms with Gasteiger partial charge in [-0.25, -0.2) is 0 Å². The maximum Gasteiger partial charge on any atom is 0.256 e. The van der Waals surface area contributed by atoms with Crippen molar-refractivity contribution in [3.05, 3.63) is 78.1 Å². The van der Waals surface area contributed by atoms with Gasteiger partial charge in [0.2, 0.25) is 0 Å².